The maximum atomic E-state index is 5.67. The Balaban J connectivity index is 3.58. The minimum Gasteiger partial charge on any atom is -0.374 e. The van der Waals surface area contributed by atoms with Crippen LogP contribution in [0.25, 0.3) is 0 Å². The standard InChI is InChI=1S/C10H23NO/c1-6-7-9(11-5)8-12-10(2,3)4/h9,11H,6-8H2,1-5H3. The zero-order chi connectivity index (χ0) is 9.61. The van der Waals surface area contributed by atoms with Crippen molar-refractivity contribution >= 4 is 0 Å². The molecule has 0 radical (unpaired) electrons. The highest BCUT2D eigenvalue weighted by molar-refractivity contribution is 4.66. The first-order valence-corrected chi connectivity index (χ1v) is 4.81. The summed E-state index contributed by atoms with van der Waals surface area (Å²) in [6.45, 7) is 9.28. The summed E-state index contributed by atoms with van der Waals surface area (Å²) in [5.74, 6) is 0. The summed E-state index contributed by atoms with van der Waals surface area (Å²) in [5.41, 5.74) is -0.0111. The summed E-state index contributed by atoms with van der Waals surface area (Å²) < 4.78 is 5.67. The molecule has 74 valence electrons. The Bertz CT molecular complexity index is 107. The lowest BCUT2D eigenvalue weighted by molar-refractivity contribution is -0.0145. The van der Waals surface area contributed by atoms with Gasteiger partial charge in [0.15, 0.2) is 0 Å². The van der Waals surface area contributed by atoms with Gasteiger partial charge in [-0.3, -0.25) is 0 Å². The molecule has 0 aromatic carbocycles. The van der Waals surface area contributed by atoms with Gasteiger partial charge in [-0.15, -0.1) is 0 Å². The summed E-state index contributed by atoms with van der Waals surface area (Å²) in [4.78, 5) is 0. The van der Waals surface area contributed by atoms with E-state index in [4.69, 9.17) is 4.74 Å². The third-order valence-corrected chi connectivity index (χ3v) is 1.76. The maximum Gasteiger partial charge on any atom is 0.0626 e. The molecule has 0 heterocycles. The first-order valence-electron chi connectivity index (χ1n) is 4.81. The molecule has 12 heavy (non-hydrogen) atoms. The highest BCUT2D eigenvalue weighted by Gasteiger charge is 2.13. The number of hydrogen-bond donors (Lipinski definition) is 1. The van der Waals surface area contributed by atoms with E-state index in [0.717, 1.165) is 6.61 Å². The van der Waals surface area contributed by atoms with Crippen LogP contribution in [0.3, 0.4) is 0 Å². The zero-order valence-electron chi connectivity index (χ0n) is 9.11. The van der Waals surface area contributed by atoms with Crippen LogP contribution < -0.4 is 5.32 Å². The number of rotatable bonds is 5. The molecule has 0 aliphatic rings. The topological polar surface area (TPSA) is 21.3 Å². The van der Waals surface area contributed by atoms with Crippen molar-refractivity contribution in [1.29, 1.82) is 0 Å². The predicted octanol–water partition coefficient (Wildman–Crippen LogP) is 2.19. The van der Waals surface area contributed by atoms with Crippen LogP contribution in [-0.4, -0.2) is 25.3 Å². The number of likely N-dealkylation sites (N-methyl/N-ethyl adjacent to an activating group) is 1. The van der Waals surface area contributed by atoms with E-state index >= 15 is 0 Å². The van der Waals surface area contributed by atoms with Crippen LogP contribution in [0.5, 0.6) is 0 Å². The summed E-state index contributed by atoms with van der Waals surface area (Å²) >= 11 is 0. The molecular formula is C10H23NO. The lowest BCUT2D eigenvalue weighted by Crippen LogP contribution is -2.34. The van der Waals surface area contributed by atoms with Crippen molar-refractivity contribution in [1.82, 2.24) is 5.32 Å². The molecule has 0 saturated heterocycles. The lowest BCUT2D eigenvalue weighted by Gasteiger charge is -2.23. The van der Waals surface area contributed by atoms with Gasteiger partial charge in [-0.1, -0.05) is 13.3 Å². The largest absolute Gasteiger partial charge is 0.374 e. The Morgan fingerprint density at radius 2 is 1.92 bits per heavy atom. The van der Waals surface area contributed by atoms with Gasteiger partial charge in [0.1, 0.15) is 0 Å². The van der Waals surface area contributed by atoms with E-state index in [9.17, 15) is 0 Å². The van der Waals surface area contributed by atoms with Gasteiger partial charge in [-0.05, 0) is 34.2 Å². The van der Waals surface area contributed by atoms with Gasteiger partial charge in [0.2, 0.25) is 0 Å². The molecule has 2 heteroatoms. The molecule has 0 amide bonds. The van der Waals surface area contributed by atoms with E-state index in [2.05, 4.69) is 33.0 Å². The molecule has 0 aromatic rings. The van der Waals surface area contributed by atoms with Crippen molar-refractivity contribution < 1.29 is 4.74 Å². The van der Waals surface area contributed by atoms with E-state index in [0.29, 0.717) is 6.04 Å². The fourth-order valence-corrected chi connectivity index (χ4v) is 1.01. The molecule has 0 rings (SSSR count). The normalized spacial score (nSPS) is 14.8. The number of ether oxygens (including phenoxy) is 1. The van der Waals surface area contributed by atoms with Crippen LogP contribution >= 0.6 is 0 Å². The first-order chi connectivity index (χ1) is 5.49. The second-order valence-corrected chi connectivity index (χ2v) is 4.20. The van der Waals surface area contributed by atoms with Gasteiger partial charge in [-0.25, -0.2) is 0 Å². The van der Waals surface area contributed by atoms with Crippen LogP contribution in [0, 0.1) is 0 Å². The minimum absolute atomic E-state index is 0.0111. The van der Waals surface area contributed by atoms with Crippen LogP contribution in [-0.2, 0) is 4.74 Å². The summed E-state index contributed by atoms with van der Waals surface area (Å²) in [6, 6.07) is 0.509. The first kappa shape index (κ1) is 11.9. The molecule has 2 nitrogen and oxygen atoms in total. The van der Waals surface area contributed by atoms with Crippen molar-refractivity contribution in [3.63, 3.8) is 0 Å². The van der Waals surface area contributed by atoms with E-state index in [1.807, 2.05) is 7.05 Å². The highest BCUT2D eigenvalue weighted by atomic mass is 16.5. The fraction of sp³-hybridized carbons (Fsp3) is 1.00. The van der Waals surface area contributed by atoms with Gasteiger partial charge in [0.05, 0.1) is 12.2 Å². The van der Waals surface area contributed by atoms with Crippen molar-refractivity contribution in [2.75, 3.05) is 13.7 Å². The lowest BCUT2D eigenvalue weighted by atomic mass is 10.1. The average Bonchev–Trinajstić information content (AvgIpc) is 1.96. The van der Waals surface area contributed by atoms with Crippen molar-refractivity contribution in [2.24, 2.45) is 0 Å². The molecule has 0 aromatic heterocycles. The Morgan fingerprint density at radius 1 is 1.33 bits per heavy atom. The van der Waals surface area contributed by atoms with Crippen molar-refractivity contribution in [2.45, 2.75) is 52.2 Å². The monoisotopic (exact) mass is 173 g/mol. The molecule has 0 spiro atoms. The second-order valence-electron chi connectivity index (χ2n) is 4.20. The molecule has 0 saturated carbocycles. The second kappa shape index (κ2) is 5.55. The molecule has 0 aliphatic carbocycles. The zero-order valence-corrected chi connectivity index (χ0v) is 9.11. The summed E-state index contributed by atoms with van der Waals surface area (Å²) in [5, 5.41) is 3.25. The minimum atomic E-state index is -0.0111. The summed E-state index contributed by atoms with van der Waals surface area (Å²) in [7, 11) is 1.99. The quantitative estimate of drug-likeness (QED) is 0.688. The molecular weight excluding hydrogens is 150 g/mol. The highest BCUT2D eigenvalue weighted by Crippen LogP contribution is 2.08. The summed E-state index contributed by atoms with van der Waals surface area (Å²) in [6.07, 6.45) is 2.39. The van der Waals surface area contributed by atoms with Crippen molar-refractivity contribution in [3.05, 3.63) is 0 Å². The van der Waals surface area contributed by atoms with E-state index in [1.54, 1.807) is 0 Å². The maximum absolute atomic E-state index is 5.67. The molecule has 1 atom stereocenters. The predicted molar refractivity (Wildman–Crippen MR) is 53.5 cm³/mol. The SMILES string of the molecule is CCCC(COC(C)(C)C)NC. The molecule has 1 unspecified atom stereocenters. The third-order valence-electron chi connectivity index (χ3n) is 1.76. The number of hydrogen-bond acceptors (Lipinski definition) is 2. The van der Waals surface area contributed by atoms with Crippen molar-refractivity contribution in [3.8, 4) is 0 Å². The Hall–Kier alpha value is -0.0800. The fourth-order valence-electron chi connectivity index (χ4n) is 1.01. The van der Waals surface area contributed by atoms with E-state index in [1.165, 1.54) is 12.8 Å². The smallest absolute Gasteiger partial charge is 0.0626 e. The van der Waals surface area contributed by atoms with Gasteiger partial charge in [-0.2, -0.15) is 0 Å². The molecule has 0 aliphatic heterocycles. The van der Waals surface area contributed by atoms with Crippen LogP contribution in [0.15, 0.2) is 0 Å². The van der Waals surface area contributed by atoms with Gasteiger partial charge in [0, 0.05) is 6.04 Å². The van der Waals surface area contributed by atoms with Crippen LogP contribution in [0.4, 0.5) is 0 Å². The van der Waals surface area contributed by atoms with Crippen LogP contribution in [0.1, 0.15) is 40.5 Å². The average molecular weight is 173 g/mol. The van der Waals surface area contributed by atoms with Gasteiger partial charge in [0.25, 0.3) is 0 Å². The van der Waals surface area contributed by atoms with Gasteiger partial charge >= 0.3 is 0 Å². The van der Waals surface area contributed by atoms with Gasteiger partial charge < -0.3 is 10.1 Å². The number of nitrogens with one attached hydrogen (secondary N) is 1. The van der Waals surface area contributed by atoms with E-state index in [-0.39, 0.29) is 5.60 Å². The molecule has 0 bridgehead atoms. The molecule has 0 fully saturated rings. The Morgan fingerprint density at radius 3 is 2.25 bits per heavy atom. The Labute approximate surface area is 76.7 Å². The van der Waals surface area contributed by atoms with E-state index < -0.39 is 0 Å². The molecule has 1 N–H and O–H groups in total. The Kier molecular flexibility index (Phi) is 5.51. The third kappa shape index (κ3) is 6.62. The van der Waals surface area contributed by atoms with Crippen LogP contribution in [0.2, 0.25) is 0 Å².